The molecule has 0 saturated heterocycles. The van der Waals surface area contributed by atoms with E-state index in [-0.39, 0.29) is 18.0 Å². The van der Waals surface area contributed by atoms with Gasteiger partial charge < -0.3 is 20.1 Å². The number of thiophene rings is 1. The summed E-state index contributed by atoms with van der Waals surface area (Å²) in [5.74, 6) is 1.10. The Morgan fingerprint density at radius 1 is 1.02 bits per heavy atom. The second-order valence-electron chi connectivity index (χ2n) is 11.4. The predicted octanol–water partition coefficient (Wildman–Crippen LogP) is 7.82. The Labute approximate surface area is 252 Å². The van der Waals surface area contributed by atoms with Crippen molar-refractivity contribution in [2.24, 2.45) is 4.99 Å². The Morgan fingerprint density at radius 2 is 1.72 bits per heavy atom. The highest BCUT2D eigenvalue weighted by Crippen LogP contribution is 2.46. The number of anilines is 3. The molecule has 10 nitrogen and oxygen atoms in total. The summed E-state index contributed by atoms with van der Waals surface area (Å²) in [6.45, 7) is 5.41. The molecule has 3 heterocycles. The van der Waals surface area contributed by atoms with Crippen molar-refractivity contribution in [1.82, 2.24) is 10.3 Å². The van der Waals surface area contributed by atoms with Crippen molar-refractivity contribution < 1.29 is 23.9 Å². The predicted molar refractivity (Wildman–Crippen MR) is 167 cm³/mol. The summed E-state index contributed by atoms with van der Waals surface area (Å²) in [6, 6.07) is 18.1. The molecule has 2 aromatic heterocycles. The molecule has 0 atom stereocenters. The SMILES string of the molecule is CC(C)(C)OC(=O)N=C1CCC(NC(=O)c2sc3nccc4c3c2NC(=O)N4c2ccc(Oc3ccccc3)cc2)CC1. The molecular formula is C32H31N5O5S. The topological polar surface area (TPSA) is 122 Å². The number of amides is 4. The number of aliphatic imine (C=N–C) groups is 1. The first-order valence-corrected chi connectivity index (χ1v) is 14.9. The van der Waals surface area contributed by atoms with Crippen LogP contribution < -0.4 is 20.3 Å². The van der Waals surface area contributed by atoms with Gasteiger partial charge in [0.15, 0.2) is 0 Å². The Bertz CT molecular complexity index is 1720. The maximum absolute atomic E-state index is 13.4. The van der Waals surface area contributed by atoms with Crippen molar-refractivity contribution in [2.45, 2.75) is 58.1 Å². The zero-order chi connectivity index (χ0) is 30.1. The van der Waals surface area contributed by atoms with Crippen molar-refractivity contribution in [2.75, 3.05) is 10.2 Å². The highest BCUT2D eigenvalue weighted by Gasteiger charge is 2.33. The van der Waals surface area contributed by atoms with Crippen LogP contribution in [0.25, 0.3) is 10.2 Å². The monoisotopic (exact) mass is 597 g/mol. The van der Waals surface area contributed by atoms with Crippen LogP contribution >= 0.6 is 11.3 Å². The molecule has 0 spiro atoms. The fourth-order valence-corrected chi connectivity index (χ4v) is 6.18. The van der Waals surface area contributed by atoms with Gasteiger partial charge >= 0.3 is 12.1 Å². The first-order valence-electron chi connectivity index (χ1n) is 14.1. The van der Waals surface area contributed by atoms with Gasteiger partial charge in [0, 0.05) is 18.0 Å². The van der Waals surface area contributed by atoms with E-state index in [0.717, 1.165) is 16.8 Å². The summed E-state index contributed by atoms with van der Waals surface area (Å²) in [5, 5.41) is 6.76. The van der Waals surface area contributed by atoms with Crippen LogP contribution in [0.2, 0.25) is 0 Å². The minimum Gasteiger partial charge on any atom is -0.457 e. The Hall–Kier alpha value is -4.77. The van der Waals surface area contributed by atoms with Crippen LogP contribution in [0.15, 0.2) is 71.9 Å². The van der Waals surface area contributed by atoms with Crippen molar-refractivity contribution in [3.05, 3.63) is 71.7 Å². The van der Waals surface area contributed by atoms with Gasteiger partial charge in [-0.2, -0.15) is 4.99 Å². The van der Waals surface area contributed by atoms with Crippen LogP contribution in [0, 0.1) is 0 Å². The van der Waals surface area contributed by atoms with Crippen LogP contribution in [-0.4, -0.2) is 40.4 Å². The number of nitrogens with zero attached hydrogens (tertiary/aromatic N) is 3. The Balaban J connectivity index is 1.17. The molecule has 4 aromatic rings. The smallest absolute Gasteiger partial charge is 0.434 e. The lowest BCUT2D eigenvalue weighted by molar-refractivity contribution is 0.0602. The van der Waals surface area contributed by atoms with E-state index in [0.29, 0.717) is 58.2 Å². The number of urea groups is 1. The van der Waals surface area contributed by atoms with E-state index in [2.05, 4.69) is 20.6 Å². The van der Waals surface area contributed by atoms with Crippen LogP contribution in [-0.2, 0) is 4.74 Å². The Morgan fingerprint density at radius 3 is 2.42 bits per heavy atom. The lowest BCUT2D eigenvalue weighted by atomic mass is 9.93. The zero-order valence-corrected chi connectivity index (χ0v) is 24.9. The molecule has 1 saturated carbocycles. The van der Waals surface area contributed by atoms with Gasteiger partial charge in [-0.3, -0.25) is 9.69 Å². The molecule has 2 N–H and O–H groups in total. The molecule has 43 heavy (non-hydrogen) atoms. The summed E-state index contributed by atoms with van der Waals surface area (Å²) in [4.78, 5) is 50.2. The van der Waals surface area contributed by atoms with Crippen molar-refractivity contribution >= 4 is 62.4 Å². The normalized spacial score (nSPS) is 16.4. The number of carbonyl (C=O) groups excluding carboxylic acids is 3. The molecular weight excluding hydrogens is 566 g/mol. The van der Waals surface area contributed by atoms with Gasteiger partial charge in [0.1, 0.15) is 26.8 Å². The molecule has 4 amide bonds. The lowest BCUT2D eigenvalue weighted by Crippen LogP contribution is -2.38. The molecule has 11 heteroatoms. The molecule has 6 rings (SSSR count). The van der Waals surface area contributed by atoms with Crippen LogP contribution in [0.4, 0.5) is 26.7 Å². The number of ether oxygens (including phenoxy) is 2. The minimum atomic E-state index is -0.597. The first-order chi connectivity index (χ1) is 20.6. The summed E-state index contributed by atoms with van der Waals surface area (Å²) in [5.41, 5.74) is 1.95. The van der Waals surface area contributed by atoms with E-state index in [9.17, 15) is 14.4 Å². The molecule has 0 radical (unpaired) electrons. The highest BCUT2D eigenvalue weighted by atomic mass is 32.1. The second-order valence-corrected chi connectivity index (χ2v) is 12.4. The average Bonchev–Trinajstić information content (AvgIpc) is 3.34. The maximum atomic E-state index is 13.4. The fraction of sp³-hybridized carbons (Fsp3) is 0.281. The first kappa shape index (κ1) is 28.4. The molecule has 1 fully saturated rings. The third-order valence-electron chi connectivity index (χ3n) is 7.07. The third kappa shape index (κ3) is 6.21. The van der Waals surface area contributed by atoms with E-state index < -0.39 is 11.7 Å². The zero-order valence-electron chi connectivity index (χ0n) is 24.0. The van der Waals surface area contributed by atoms with E-state index in [1.165, 1.54) is 11.3 Å². The fourth-order valence-electron chi connectivity index (χ4n) is 5.16. The molecule has 0 bridgehead atoms. The lowest BCUT2D eigenvalue weighted by Gasteiger charge is -2.28. The standard InChI is InChI=1S/C32H31N5O5S/c1-32(2,3)42-31(40)35-20-11-9-19(10-12-20)34-28(38)27-26-25-24(17-18-33-29(25)43-27)37(30(39)36-26)21-13-15-23(16-14-21)41-22-7-5-4-6-8-22/h4-8,13-19H,9-12H2,1-3H3,(H,34,38)(H,36,39). The largest absolute Gasteiger partial charge is 0.457 e. The van der Waals surface area contributed by atoms with Crippen molar-refractivity contribution in [3.8, 4) is 11.5 Å². The number of pyridine rings is 1. The number of para-hydroxylation sites is 1. The summed E-state index contributed by atoms with van der Waals surface area (Å²) in [7, 11) is 0. The Kier molecular flexibility index (Phi) is 7.57. The molecule has 1 aliphatic carbocycles. The van der Waals surface area contributed by atoms with E-state index in [1.54, 1.807) is 37.9 Å². The van der Waals surface area contributed by atoms with Gasteiger partial charge in [-0.05, 0) is 88.9 Å². The van der Waals surface area contributed by atoms with Gasteiger partial charge in [0.25, 0.3) is 5.91 Å². The summed E-state index contributed by atoms with van der Waals surface area (Å²) in [6.07, 6.45) is 3.55. The van der Waals surface area contributed by atoms with E-state index >= 15 is 0 Å². The van der Waals surface area contributed by atoms with Crippen molar-refractivity contribution in [1.29, 1.82) is 0 Å². The summed E-state index contributed by atoms with van der Waals surface area (Å²) >= 11 is 1.25. The number of rotatable bonds is 5. The minimum absolute atomic E-state index is 0.0812. The number of nitrogens with one attached hydrogen (secondary N) is 2. The number of hydrogen-bond donors (Lipinski definition) is 2. The second kappa shape index (κ2) is 11.5. The molecule has 1 aliphatic heterocycles. The molecule has 220 valence electrons. The highest BCUT2D eigenvalue weighted by molar-refractivity contribution is 7.21. The molecule has 2 aliphatic rings. The van der Waals surface area contributed by atoms with E-state index in [1.807, 2.05) is 54.6 Å². The van der Waals surface area contributed by atoms with Gasteiger partial charge in [0.2, 0.25) is 0 Å². The number of hydrogen-bond acceptors (Lipinski definition) is 7. The summed E-state index contributed by atoms with van der Waals surface area (Å²) < 4.78 is 11.2. The van der Waals surface area contributed by atoms with E-state index in [4.69, 9.17) is 9.47 Å². The number of aromatic nitrogens is 1. The maximum Gasteiger partial charge on any atom is 0.434 e. The van der Waals surface area contributed by atoms with Gasteiger partial charge in [-0.15, -0.1) is 11.3 Å². The van der Waals surface area contributed by atoms with Crippen LogP contribution in [0.3, 0.4) is 0 Å². The van der Waals surface area contributed by atoms with Crippen LogP contribution in [0.1, 0.15) is 56.1 Å². The van der Waals surface area contributed by atoms with Gasteiger partial charge in [-0.25, -0.2) is 14.6 Å². The quantitative estimate of drug-likeness (QED) is 0.242. The third-order valence-corrected chi connectivity index (χ3v) is 8.16. The number of benzene rings is 2. The van der Waals surface area contributed by atoms with Gasteiger partial charge in [0.05, 0.1) is 22.4 Å². The molecule has 2 aromatic carbocycles. The number of carbonyl (C=O) groups is 3. The van der Waals surface area contributed by atoms with Crippen molar-refractivity contribution in [3.63, 3.8) is 0 Å². The van der Waals surface area contributed by atoms with Gasteiger partial charge in [-0.1, -0.05) is 18.2 Å². The average molecular weight is 598 g/mol. The van der Waals surface area contributed by atoms with Crippen LogP contribution in [0.5, 0.6) is 11.5 Å². The molecule has 0 unspecified atom stereocenters.